The topological polar surface area (TPSA) is 110 Å². The molecule has 0 aliphatic heterocycles. The van der Waals surface area contributed by atoms with Gasteiger partial charge in [0.05, 0.1) is 45.9 Å². The summed E-state index contributed by atoms with van der Waals surface area (Å²) in [5, 5.41) is 3.33. The number of methoxy groups -OCH3 is 4. The van der Waals surface area contributed by atoms with Crippen LogP contribution in [0.4, 0.5) is 5.69 Å². The Morgan fingerprint density at radius 1 is 0.816 bits per heavy atom. The van der Waals surface area contributed by atoms with Gasteiger partial charge in [0, 0.05) is 22.8 Å². The Morgan fingerprint density at radius 2 is 1.45 bits per heavy atom. The normalized spacial score (nSPS) is 10.8. The molecule has 0 radical (unpaired) electrons. The van der Waals surface area contributed by atoms with E-state index < -0.39 is 17.2 Å². The van der Waals surface area contributed by atoms with Gasteiger partial charge < -0.3 is 24.3 Å². The van der Waals surface area contributed by atoms with Crippen molar-refractivity contribution >= 4 is 34.1 Å². The molecule has 4 aromatic rings. The molecule has 4 rings (SSSR count). The number of anilines is 1. The fraction of sp³-hybridized carbons (Fsp3) is 0.222. The number of hydrogen-bond donors (Lipinski definition) is 1. The molecule has 11 heteroatoms. The highest BCUT2D eigenvalue weighted by Gasteiger charge is 2.20. The third kappa shape index (κ3) is 5.16. The van der Waals surface area contributed by atoms with Crippen LogP contribution in [0.15, 0.2) is 64.2 Å². The molecule has 3 aromatic carbocycles. The van der Waals surface area contributed by atoms with E-state index >= 15 is 0 Å². The van der Waals surface area contributed by atoms with Crippen LogP contribution in [-0.4, -0.2) is 43.5 Å². The quantitative estimate of drug-likeness (QED) is 0.346. The number of aromatic nitrogens is 2. The minimum atomic E-state index is -0.683. The minimum absolute atomic E-state index is 0.0844. The molecule has 198 valence electrons. The predicted molar refractivity (Wildman–Crippen MR) is 144 cm³/mol. The zero-order valence-corrected chi connectivity index (χ0v) is 22.0. The molecule has 0 spiro atoms. The van der Waals surface area contributed by atoms with Crippen molar-refractivity contribution < 1.29 is 23.7 Å². The molecule has 0 fully saturated rings. The molecular formula is C27H26ClN3O7. The van der Waals surface area contributed by atoms with Crippen molar-refractivity contribution in [1.82, 2.24) is 9.13 Å². The van der Waals surface area contributed by atoms with Gasteiger partial charge in [-0.05, 0) is 29.8 Å². The highest BCUT2D eigenvalue weighted by molar-refractivity contribution is 6.31. The monoisotopic (exact) mass is 539 g/mol. The number of carbonyl (C=O) groups excluding carboxylic acids is 1. The standard InChI is InChI=1S/C27H26ClN3O7/c1-35-21-10-9-17(11-22(21)36-2)29-25(32)15-30-20-13-24(38-4)23(37-3)12-18(20)26(33)31(27(30)34)14-16-7-5-6-8-19(16)28/h5-13H,14-15H2,1-4H3,(H,29,32). The van der Waals surface area contributed by atoms with Crippen LogP contribution in [-0.2, 0) is 17.9 Å². The van der Waals surface area contributed by atoms with Crippen LogP contribution < -0.4 is 35.5 Å². The SMILES string of the molecule is COc1ccc(NC(=O)Cn2c(=O)n(Cc3ccccc3Cl)c(=O)c3cc(OC)c(OC)cc32)cc1OC. The van der Waals surface area contributed by atoms with Crippen molar-refractivity contribution in [1.29, 1.82) is 0 Å². The van der Waals surface area contributed by atoms with Crippen LogP contribution in [0, 0.1) is 0 Å². The maximum Gasteiger partial charge on any atom is 0.332 e. The summed E-state index contributed by atoms with van der Waals surface area (Å²) in [6, 6.07) is 14.8. The summed E-state index contributed by atoms with van der Waals surface area (Å²) in [5.41, 5.74) is -0.00166. The third-order valence-electron chi connectivity index (χ3n) is 5.99. The smallest absolute Gasteiger partial charge is 0.332 e. The largest absolute Gasteiger partial charge is 0.493 e. The average molecular weight is 540 g/mol. The molecule has 0 saturated heterocycles. The maximum absolute atomic E-state index is 13.6. The molecule has 0 aliphatic carbocycles. The molecule has 0 saturated carbocycles. The van der Waals surface area contributed by atoms with Crippen molar-refractivity contribution in [3.05, 3.63) is 86.0 Å². The second-order valence-electron chi connectivity index (χ2n) is 8.19. The van der Waals surface area contributed by atoms with Gasteiger partial charge in [-0.1, -0.05) is 29.8 Å². The molecule has 0 aliphatic rings. The molecule has 0 bridgehead atoms. The number of hydrogen-bond acceptors (Lipinski definition) is 7. The van der Waals surface area contributed by atoms with Crippen LogP contribution >= 0.6 is 11.6 Å². The Balaban J connectivity index is 1.83. The van der Waals surface area contributed by atoms with Crippen molar-refractivity contribution in [2.24, 2.45) is 0 Å². The molecule has 0 unspecified atom stereocenters. The van der Waals surface area contributed by atoms with E-state index in [2.05, 4.69) is 5.32 Å². The molecule has 0 atom stereocenters. The first-order chi connectivity index (χ1) is 18.3. The Morgan fingerprint density at radius 3 is 2.11 bits per heavy atom. The number of nitrogens with one attached hydrogen (secondary N) is 1. The summed E-state index contributed by atoms with van der Waals surface area (Å²) in [6.45, 7) is -0.471. The lowest BCUT2D eigenvalue weighted by Gasteiger charge is -2.17. The van der Waals surface area contributed by atoms with Crippen LogP contribution in [0.25, 0.3) is 10.9 Å². The highest BCUT2D eigenvalue weighted by Crippen LogP contribution is 2.31. The summed E-state index contributed by atoms with van der Waals surface area (Å²) >= 11 is 6.30. The van der Waals surface area contributed by atoms with Crippen LogP contribution in [0.3, 0.4) is 0 Å². The molecule has 38 heavy (non-hydrogen) atoms. The maximum atomic E-state index is 13.6. The van der Waals surface area contributed by atoms with E-state index in [1.54, 1.807) is 42.5 Å². The van der Waals surface area contributed by atoms with Gasteiger partial charge in [-0.3, -0.25) is 18.7 Å². The van der Waals surface area contributed by atoms with Crippen molar-refractivity contribution in [3.8, 4) is 23.0 Å². The first-order valence-corrected chi connectivity index (χ1v) is 11.8. The Hall–Kier alpha value is -4.44. The van der Waals surface area contributed by atoms with Gasteiger partial charge in [0.1, 0.15) is 6.54 Å². The molecule has 1 N–H and O–H groups in total. The predicted octanol–water partition coefficient (Wildman–Crippen LogP) is 3.54. The van der Waals surface area contributed by atoms with Crippen molar-refractivity contribution in [2.75, 3.05) is 33.8 Å². The fourth-order valence-corrected chi connectivity index (χ4v) is 4.29. The number of carbonyl (C=O) groups is 1. The zero-order chi connectivity index (χ0) is 27.4. The summed E-state index contributed by atoms with van der Waals surface area (Å²) in [6.07, 6.45) is 0. The lowest BCUT2D eigenvalue weighted by molar-refractivity contribution is -0.116. The summed E-state index contributed by atoms with van der Waals surface area (Å²) in [4.78, 5) is 40.2. The van der Waals surface area contributed by atoms with Gasteiger partial charge in [0.2, 0.25) is 5.91 Å². The van der Waals surface area contributed by atoms with Crippen molar-refractivity contribution in [2.45, 2.75) is 13.1 Å². The van der Waals surface area contributed by atoms with E-state index in [0.717, 1.165) is 4.57 Å². The fourth-order valence-electron chi connectivity index (χ4n) is 4.09. The lowest BCUT2D eigenvalue weighted by atomic mass is 10.2. The second-order valence-corrected chi connectivity index (χ2v) is 8.60. The Labute approximate surface area is 222 Å². The molecule has 10 nitrogen and oxygen atoms in total. The number of amides is 1. The Kier molecular flexibility index (Phi) is 7.92. The van der Waals surface area contributed by atoms with E-state index in [-0.39, 0.29) is 24.0 Å². The number of rotatable bonds is 9. The van der Waals surface area contributed by atoms with E-state index in [1.807, 2.05) is 0 Å². The first-order valence-electron chi connectivity index (χ1n) is 11.5. The van der Waals surface area contributed by atoms with Gasteiger partial charge in [-0.15, -0.1) is 0 Å². The average Bonchev–Trinajstić information content (AvgIpc) is 2.93. The summed E-state index contributed by atoms with van der Waals surface area (Å²) in [7, 11) is 5.88. The summed E-state index contributed by atoms with van der Waals surface area (Å²) in [5.74, 6) is 1.04. The third-order valence-corrected chi connectivity index (χ3v) is 6.35. The van der Waals surface area contributed by atoms with Gasteiger partial charge in [0.15, 0.2) is 23.0 Å². The number of fused-ring (bicyclic) bond motifs is 1. The number of halogens is 1. The van der Waals surface area contributed by atoms with Crippen LogP contribution in [0.5, 0.6) is 23.0 Å². The number of benzene rings is 3. The minimum Gasteiger partial charge on any atom is -0.493 e. The zero-order valence-electron chi connectivity index (χ0n) is 21.2. The van der Waals surface area contributed by atoms with E-state index in [0.29, 0.717) is 39.3 Å². The molecular weight excluding hydrogens is 514 g/mol. The lowest BCUT2D eigenvalue weighted by Crippen LogP contribution is -2.42. The van der Waals surface area contributed by atoms with Gasteiger partial charge >= 0.3 is 5.69 Å². The van der Waals surface area contributed by atoms with E-state index in [9.17, 15) is 14.4 Å². The molecule has 1 heterocycles. The van der Waals surface area contributed by atoms with Crippen LogP contribution in [0.1, 0.15) is 5.56 Å². The number of nitrogens with zero attached hydrogens (tertiary/aromatic N) is 2. The van der Waals surface area contributed by atoms with E-state index in [4.69, 9.17) is 30.5 Å². The first kappa shape index (κ1) is 26.6. The number of ether oxygens (including phenoxy) is 4. The molecule has 1 amide bonds. The second kappa shape index (κ2) is 11.3. The van der Waals surface area contributed by atoms with Gasteiger partial charge in [0.25, 0.3) is 5.56 Å². The van der Waals surface area contributed by atoms with Crippen LogP contribution in [0.2, 0.25) is 5.02 Å². The van der Waals surface area contributed by atoms with Crippen molar-refractivity contribution in [3.63, 3.8) is 0 Å². The van der Waals surface area contributed by atoms with E-state index in [1.165, 1.54) is 45.1 Å². The van der Waals surface area contributed by atoms with Gasteiger partial charge in [-0.25, -0.2) is 4.79 Å². The Bertz CT molecular complexity index is 1630. The summed E-state index contributed by atoms with van der Waals surface area (Å²) < 4.78 is 23.5. The van der Waals surface area contributed by atoms with Gasteiger partial charge in [-0.2, -0.15) is 0 Å². The highest BCUT2D eigenvalue weighted by atomic mass is 35.5. The molecule has 1 aromatic heterocycles.